The molecule has 4 rings (SSSR count). The molecule has 1 saturated heterocycles. The van der Waals surface area contributed by atoms with Gasteiger partial charge in [0, 0.05) is 19.3 Å². The molecule has 8 heteroatoms. The number of aliphatic hydroxyl groups is 1. The van der Waals surface area contributed by atoms with E-state index in [0.29, 0.717) is 24.2 Å². The molecule has 0 bridgehead atoms. The van der Waals surface area contributed by atoms with Gasteiger partial charge >= 0.3 is 5.97 Å². The summed E-state index contributed by atoms with van der Waals surface area (Å²) >= 11 is 0. The van der Waals surface area contributed by atoms with Crippen molar-refractivity contribution < 1.29 is 19.4 Å². The number of aliphatic carboxylic acids is 1. The standard InChI is InChI=1S/C19H19FN4O3/c20-13-3-1-12(2-4-13)9-19(18(26)27)11-24(8-6-16(19)25)15-5-7-21-17-14(15)10-22-23-17/h1-5,7,10,16,25H,6,8-9,11H2,(H,26,27)(H,21,22,23)/t16-,19+/m0/s1. The summed E-state index contributed by atoms with van der Waals surface area (Å²) < 4.78 is 13.2. The minimum Gasteiger partial charge on any atom is -0.481 e. The number of benzene rings is 1. The van der Waals surface area contributed by atoms with Crippen molar-refractivity contribution >= 4 is 22.7 Å². The molecule has 2 atom stereocenters. The number of aromatic amines is 1. The van der Waals surface area contributed by atoms with Crippen LogP contribution in [0.25, 0.3) is 11.0 Å². The number of aromatic nitrogens is 3. The van der Waals surface area contributed by atoms with Crippen molar-refractivity contribution in [3.63, 3.8) is 0 Å². The van der Waals surface area contributed by atoms with Gasteiger partial charge in [-0.15, -0.1) is 0 Å². The number of piperidine rings is 1. The van der Waals surface area contributed by atoms with Gasteiger partial charge in [-0.1, -0.05) is 12.1 Å². The number of carboxylic acid groups (broad SMARTS) is 1. The summed E-state index contributed by atoms with van der Waals surface area (Å²) in [5, 5.41) is 28.3. The van der Waals surface area contributed by atoms with Crippen molar-refractivity contribution in [2.75, 3.05) is 18.0 Å². The Kier molecular flexibility index (Phi) is 4.27. The SMILES string of the molecule is O=C(O)[C@]1(Cc2ccc(F)cc2)CN(c2ccnc3[nH]ncc23)CC[C@@H]1O. The molecule has 3 aromatic rings. The molecule has 0 radical (unpaired) electrons. The summed E-state index contributed by atoms with van der Waals surface area (Å²) in [5.41, 5.74) is 0.724. The Morgan fingerprint density at radius 2 is 2.11 bits per heavy atom. The van der Waals surface area contributed by atoms with E-state index in [0.717, 1.165) is 11.1 Å². The Morgan fingerprint density at radius 1 is 1.33 bits per heavy atom. The molecule has 0 spiro atoms. The van der Waals surface area contributed by atoms with Crippen LogP contribution in [0.1, 0.15) is 12.0 Å². The van der Waals surface area contributed by atoms with Gasteiger partial charge in [0.05, 0.1) is 23.4 Å². The predicted molar refractivity (Wildman–Crippen MR) is 96.9 cm³/mol. The first-order valence-corrected chi connectivity index (χ1v) is 8.68. The van der Waals surface area contributed by atoms with Crippen molar-refractivity contribution in [1.82, 2.24) is 15.2 Å². The Labute approximate surface area is 154 Å². The average molecular weight is 370 g/mol. The molecule has 0 aliphatic carbocycles. The molecule has 140 valence electrons. The normalized spacial score (nSPS) is 22.9. The number of anilines is 1. The molecule has 3 N–H and O–H groups in total. The minimum absolute atomic E-state index is 0.111. The lowest BCUT2D eigenvalue weighted by atomic mass is 9.72. The molecule has 27 heavy (non-hydrogen) atoms. The molecule has 1 fully saturated rings. The molecular formula is C19H19FN4O3. The highest BCUT2D eigenvalue weighted by Gasteiger charge is 2.49. The first kappa shape index (κ1) is 17.4. The molecule has 7 nitrogen and oxygen atoms in total. The quantitative estimate of drug-likeness (QED) is 0.649. The van der Waals surface area contributed by atoms with Crippen LogP contribution in [0, 0.1) is 11.2 Å². The minimum atomic E-state index is -1.39. The maximum absolute atomic E-state index is 13.2. The predicted octanol–water partition coefficient (Wildman–Crippen LogP) is 1.98. The first-order valence-electron chi connectivity index (χ1n) is 8.68. The fourth-order valence-corrected chi connectivity index (χ4v) is 3.82. The zero-order valence-electron chi connectivity index (χ0n) is 14.5. The molecule has 1 aliphatic heterocycles. The molecule has 3 heterocycles. The fourth-order valence-electron chi connectivity index (χ4n) is 3.82. The Bertz CT molecular complexity index is 975. The number of carboxylic acids is 1. The second-order valence-corrected chi connectivity index (χ2v) is 6.95. The number of rotatable bonds is 4. The molecule has 2 aromatic heterocycles. The van der Waals surface area contributed by atoms with Gasteiger partial charge in [0.25, 0.3) is 0 Å². The Hall–Kier alpha value is -3.00. The zero-order valence-corrected chi connectivity index (χ0v) is 14.5. The lowest BCUT2D eigenvalue weighted by molar-refractivity contribution is -0.157. The van der Waals surface area contributed by atoms with Crippen LogP contribution in [0.2, 0.25) is 0 Å². The highest BCUT2D eigenvalue weighted by Crippen LogP contribution is 2.38. The summed E-state index contributed by atoms with van der Waals surface area (Å²) in [4.78, 5) is 18.4. The maximum atomic E-state index is 13.2. The molecule has 0 amide bonds. The van der Waals surface area contributed by atoms with Crippen LogP contribution in [-0.2, 0) is 11.2 Å². The fraction of sp³-hybridized carbons (Fsp3) is 0.316. The average Bonchev–Trinajstić information content (AvgIpc) is 3.14. The summed E-state index contributed by atoms with van der Waals surface area (Å²) in [5.74, 6) is -1.45. The lowest BCUT2D eigenvalue weighted by Gasteiger charge is -2.44. The second-order valence-electron chi connectivity index (χ2n) is 6.95. The van der Waals surface area contributed by atoms with Gasteiger partial charge in [-0.2, -0.15) is 5.10 Å². The number of nitrogens with one attached hydrogen (secondary N) is 1. The number of fused-ring (bicyclic) bond motifs is 1. The van der Waals surface area contributed by atoms with Crippen LogP contribution in [0.5, 0.6) is 0 Å². The van der Waals surface area contributed by atoms with Crippen LogP contribution in [0.4, 0.5) is 10.1 Å². The van der Waals surface area contributed by atoms with E-state index in [2.05, 4.69) is 15.2 Å². The molecular weight excluding hydrogens is 351 g/mol. The molecule has 0 unspecified atom stereocenters. The Morgan fingerprint density at radius 3 is 2.85 bits per heavy atom. The maximum Gasteiger partial charge on any atom is 0.314 e. The van der Waals surface area contributed by atoms with E-state index in [-0.39, 0.29) is 18.8 Å². The van der Waals surface area contributed by atoms with Gasteiger partial charge in [-0.05, 0) is 36.6 Å². The third kappa shape index (κ3) is 3.02. The Balaban J connectivity index is 1.71. The van der Waals surface area contributed by atoms with E-state index >= 15 is 0 Å². The van der Waals surface area contributed by atoms with Gasteiger partial charge in [0.1, 0.15) is 11.2 Å². The number of aliphatic hydroxyl groups excluding tert-OH is 1. The van der Waals surface area contributed by atoms with Crippen molar-refractivity contribution in [2.24, 2.45) is 5.41 Å². The van der Waals surface area contributed by atoms with Gasteiger partial charge in [-0.3, -0.25) is 9.89 Å². The largest absolute Gasteiger partial charge is 0.481 e. The van der Waals surface area contributed by atoms with Crippen LogP contribution < -0.4 is 4.90 Å². The van der Waals surface area contributed by atoms with Crippen LogP contribution >= 0.6 is 0 Å². The summed E-state index contributed by atoms with van der Waals surface area (Å²) in [6, 6.07) is 7.55. The number of halogens is 1. The van der Waals surface area contributed by atoms with Crippen molar-refractivity contribution in [3.8, 4) is 0 Å². The highest BCUT2D eigenvalue weighted by atomic mass is 19.1. The third-order valence-electron chi connectivity index (χ3n) is 5.31. The van der Waals surface area contributed by atoms with E-state index in [4.69, 9.17) is 0 Å². The summed E-state index contributed by atoms with van der Waals surface area (Å²) in [6.07, 6.45) is 2.72. The molecule has 1 aromatic carbocycles. The van der Waals surface area contributed by atoms with Crippen molar-refractivity contribution in [3.05, 3.63) is 54.1 Å². The van der Waals surface area contributed by atoms with Gasteiger partial charge in [-0.25, -0.2) is 9.37 Å². The van der Waals surface area contributed by atoms with E-state index in [1.165, 1.54) is 12.1 Å². The van der Waals surface area contributed by atoms with E-state index in [9.17, 15) is 19.4 Å². The molecule has 0 saturated carbocycles. The summed E-state index contributed by atoms with van der Waals surface area (Å²) in [6.45, 7) is 0.648. The van der Waals surface area contributed by atoms with Crippen LogP contribution in [-0.4, -0.2) is 50.6 Å². The zero-order chi connectivity index (χ0) is 19.0. The van der Waals surface area contributed by atoms with E-state index in [1.807, 2.05) is 11.0 Å². The van der Waals surface area contributed by atoms with Crippen LogP contribution in [0.15, 0.2) is 42.7 Å². The first-order chi connectivity index (χ1) is 13.0. The van der Waals surface area contributed by atoms with Gasteiger partial charge < -0.3 is 15.1 Å². The number of hydrogen-bond acceptors (Lipinski definition) is 5. The number of nitrogens with zero attached hydrogens (tertiary/aromatic N) is 3. The summed E-state index contributed by atoms with van der Waals surface area (Å²) in [7, 11) is 0. The smallest absolute Gasteiger partial charge is 0.314 e. The van der Waals surface area contributed by atoms with Gasteiger partial charge in [0.15, 0.2) is 5.65 Å². The lowest BCUT2D eigenvalue weighted by Crippen LogP contribution is -2.57. The monoisotopic (exact) mass is 370 g/mol. The second kappa shape index (κ2) is 6.62. The van der Waals surface area contributed by atoms with Crippen LogP contribution in [0.3, 0.4) is 0 Å². The number of pyridine rings is 1. The molecule has 1 aliphatic rings. The van der Waals surface area contributed by atoms with Gasteiger partial charge in [0.2, 0.25) is 0 Å². The van der Waals surface area contributed by atoms with E-state index < -0.39 is 17.5 Å². The van der Waals surface area contributed by atoms with Crippen molar-refractivity contribution in [2.45, 2.75) is 18.9 Å². The van der Waals surface area contributed by atoms with E-state index in [1.54, 1.807) is 24.5 Å². The topological polar surface area (TPSA) is 102 Å². The third-order valence-corrected chi connectivity index (χ3v) is 5.31. The number of carbonyl (C=O) groups is 1. The number of hydrogen-bond donors (Lipinski definition) is 3. The highest BCUT2D eigenvalue weighted by molar-refractivity contribution is 5.89. The van der Waals surface area contributed by atoms with Crippen molar-refractivity contribution in [1.29, 1.82) is 0 Å². The number of H-pyrrole nitrogens is 1.